The van der Waals surface area contributed by atoms with Gasteiger partial charge >= 0.3 is 0 Å². The molecule has 1 aliphatic carbocycles. The Balaban J connectivity index is 2.40. The summed E-state index contributed by atoms with van der Waals surface area (Å²) in [5, 5.41) is 0. The number of Topliss-reactive ketones (excluding diaryl/α,β-unsaturated/α-hetero) is 1. The SMILES string of the molecule is O=CC(=O)C1CCCc2ccncc21. The summed E-state index contributed by atoms with van der Waals surface area (Å²) in [6.07, 6.45) is 6.60. The molecule has 0 saturated carbocycles. The van der Waals surface area contributed by atoms with Crippen molar-refractivity contribution in [1.82, 2.24) is 4.98 Å². The number of fused-ring (bicyclic) bond motifs is 1. The first-order valence-corrected chi connectivity index (χ1v) is 4.74. The molecule has 0 bridgehead atoms. The van der Waals surface area contributed by atoms with Crippen molar-refractivity contribution in [3.8, 4) is 0 Å². The minimum atomic E-state index is -0.320. The van der Waals surface area contributed by atoms with Crippen LogP contribution >= 0.6 is 0 Å². The summed E-state index contributed by atoms with van der Waals surface area (Å²) >= 11 is 0. The number of nitrogens with zero attached hydrogens (tertiary/aromatic N) is 1. The maximum atomic E-state index is 11.3. The topological polar surface area (TPSA) is 47.0 Å². The molecule has 3 heteroatoms. The number of ketones is 1. The Morgan fingerprint density at radius 3 is 3.21 bits per heavy atom. The lowest BCUT2D eigenvalue weighted by molar-refractivity contribution is -0.131. The smallest absolute Gasteiger partial charge is 0.202 e. The van der Waals surface area contributed by atoms with E-state index in [1.54, 1.807) is 12.4 Å². The Morgan fingerprint density at radius 1 is 1.57 bits per heavy atom. The first-order valence-electron chi connectivity index (χ1n) is 4.74. The summed E-state index contributed by atoms with van der Waals surface area (Å²) in [6.45, 7) is 0. The molecule has 0 saturated heterocycles. The van der Waals surface area contributed by atoms with E-state index in [4.69, 9.17) is 0 Å². The molecule has 0 radical (unpaired) electrons. The molecule has 1 unspecified atom stereocenters. The summed E-state index contributed by atoms with van der Waals surface area (Å²) in [6, 6.07) is 1.93. The van der Waals surface area contributed by atoms with Gasteiger partial charge in [0.05, 0.1) is 5.92 Å². The molecule has 0 fully saturated rings. The van der Waals surface area contributed by atoms with Crippen LogP contribution in [0.25, 0.3) is 0 Å². The van der Waals surface area contributed by atoms with Crippen molar-refractivity contribution in [3.05, 3.63) is 29.6 Å². The van der Waals surface area contributed by atoms with Crippen molar-refractivity contribution >= 4 is 12.1 Å². The molecule has 1 aliphatic rings. The highest BCUT2D eigenvalue weighted by Crippen LogP contribution is 2.30. The third-order valence-electron chi connectivity index (χ3n) is 2.72. The molecule has 1 heterocycles. The van der Waals surface area contributed by atoms with Crippen LogP contribution in [0.4, 0.5) is 0 Å². The average molecular weight is 189 g/mol. The monoisotopic (exact) mass is 189 g/mol. The lowest BCUT2D eigenvalue weighted by atomic mass is 9.82. The van der Waals surface area contributed by atoms with Crippen molar-refractivity contribution in [2.45, 2.75) is 25.2 Å². The van der Waals surface area contributed by atoms with Gasteiger partial charge in [0.2, 0.25) is 5.78 Å². The number of pyridine rings is 1. The Bertz CT molecular complexity index is 373. The first kappa shape index (κ1) is 9.06. The Labute approximate surface area is 82.2 Å². The number of carbonyl (C=O) groups excluding carboxylic acids is 2. The lowest BCUT2D eigenvalue weighted by Gasteiger charge is -2.21. The van der Waals surface area contributed by atoms with Gasteiger partial charge in [0.1, 0.15) is 0 Å². The zero-order valence-electron chi connectivity index (χ0n) is 7.77. The van der Waals surface area contributed by atoms with Gasteiger partial charge in [-0.3, -0.25) is 14.6 Å². The van der Waals surface area contributed by atoms with Crippen LogP contribution in [-0.4, -0.2) is 17.1 Å². The van der Waals surface area contributed by atoms with Gasteiger partial charge in [-0.05, 0) is 36.5 Å². The number of rotatable bonds is 2. The van der Waals surface area contributed by atoms with Crippen LogP contribution in [0.5, 0.6) is 0 Å². The molecule has 1 atom stereocenters. The van der Waals surface area contributed by atoms with Gasteiger partial charge in [0.25, 0.3) is 0 Å². The molecule has 0 N–H and O–H groups in total. The molecule has 0 aliphatic heterocycles. The van der Waals surface area contributed by atoms with Crippen molar-refractivity contribution in [2.75, 3.05) is 0 Å². The Kier molecular flexibility index (Phi) is 2.39. The molecular weight excluding hydrogens is 178 g/mol. The van der Waals surface area contributed by atoms with E-state index in [0.29, 0.717) is 6.29 Å². The largest absolute Gasteiger partial charge is 0.295 e. The standard InChI is InChI=1S/C11H11NO2/c13-7-11(14)9-3-1-2-8-4-5-12-6-10(8)9/h4-7,9H,1-3H2. The Hall–Kier alpha value is -1.51. The zero-order chi connectivity index (χ0) is 9.97. The van der Waals surface area contributed by atoms with E-state index in [9.17, 15) is 9.59 Å². The van der Waals surface area contributed by atoms with Gasteiger partial charge in [-0.2, -0.15) is 0 Å². The van der Waals surface area contributed by atoms with Gasteiger partial charge in [0, 0.05) is 12.4 Å². The molecular formula is C11H11NO2. The second-order valence-electron chi connectivity index (χ2n) is 3.54. The van der Waals surface area contributed by atoms with Crippen LogP contribution in [0, 0.1) is 0 Å². The van der Waals surface area contributed by atoms with E-state index in [1.165, 1.54) is 0 Å². The van der Waals surface area contributed by atoms with Crippen LogP contribution in [0.1, 0.15) is 29.9 Å². The predicted molar refractivity (Wildman–Crippen MR) is 51.0 cm³/mol. The second-order valence-corrected chi connectivity index (χ2v) is 3.54. The molecule has 2 rings (SSSR count). The lowest BCUT2D eigenvalue weighted by Crippen LogP contribution is -2.19. The quantitative estimate of drug-likeness (QED) is 0.520. The van der Waals surface area contributed by atoms with E-state index in [-0.39, 0.29) is 11.7 Å². The van der Waals surface area contributed by atoms with Crippen LogP contribution in [0.3, 0.4) is 0 Å². The maximum Gasteiger partial charge on any atom is 0.202 e. The van der Waals surface area contributed by atoms with Crippen LogP contribution in [-0.2, 0) is 16.0 Å². The number of carbonyl (C=O) groups is 2. The fourth-order valence-electron chi connectivity index (χ4n) is 2.01. The third kappa shape index (κ3) is 1.45. The number of aromatic nitrogens is 1. The van der Waals surface area contributed by atoms with Crippen molar-refractivity contribution in [2.24, 2.45) is 0 Å². The highest BCUT2D eigenvalue weighted by atomic mass is 16.2. The van der Waals surface area contributed by atoms with E-state index in [2.05, 4.69) is 4.98 Å². The number of hydrogen-bond acceptors (Lipinski definition) is 3. The van der Waals surface area contributed by atoms with Crippen molar-refractivity contribution < 1.29 is 9.59 Å². The highest BCUT2D eigenvalue weighted by molar-refractivity contribution is 6.27. The summed E-state index contributed by atoms with van der Waals surface area (Å²) in [4.78, 5) is 25.8. The normalized spacial score (nSPS) is 19.9. The van der Waals surface area contributed by atoms with E-state index >= 15 is 0 Å². The molecule has 14 heavy (non-hydrogen) atoms. The zero-order valence-corrected chi connectivity index (χ0v) is 7.77. The third-order valence-corrected chi connectivity index (χ3v) is 2.72. The summed E-state index contributed by atoms with van der Waals surface area (Å²) in [5.41, 5.74) is 2.10. The second kappa shape index (κ2) is 3.70. The van der Waals surface area contributed by atoms with Crippen molar-refractivity contribution in [3.63, 3.8) is 0 Å². The predicted octanol–water partition coefficient (Wildman–Crippen LogP) is 1.27. The van der Waals surface area contributed by atoms with E-state index in [1.807, 2.05) is 6.07 Å². The number of aldehydes is 1. The van der Waals surface area contributed by atoms with Gasteiger partial charge < -0.3 is 0 Å². The molecule has 0 spiro atoms. The summed E-state index contributed by atoms with van der Waals surface area (Å²) in [7, 11) is 0. The fourth-order valence-corrected chi connectivity index (χ4v) is 2.01. The van der Waals surface area contributed by atoms with E-state index < -0.39 is 0 Å². The minimum Gasteiger partial charge on any atom is -0.295 e. The number of hydrogen-bond donors (Lipinski definition) is 0. The van der Waals surface area contributed by atoms with Gasteiger partial charge in [-0.1, -0.05) is 0 Å². The van der Waals surface area contributed by atoms with E-state index in [0.717, 1.165) is 30.4 Å². The molecule has 0 aromatic carbocycles. The minimum absolute atomic E-state index is 0.245. The molecule has 1 aromatic rings. The maximum absolute atomic E-state index is 11.3. The van der Waals surface area contributed by atoms with Gasteiger partial charge in [-0.25, -0.2) is 0 Å². The Morgan fingerprint density at radius 2 is 2.43 bits per heavy atom. The van der Waals surface area contributed by atoms with Gasteiger partial charge in [0.15, 0.2) is 6.29 Å². The summed E-state index contributed by atoms with van der Waals surface area (Å²) < 4.78 is 0. The van der Waals surface area contributed by atoms with Crippen molar-refractivity contribution in [1.29, 1.82) is 0 Å². The average Bonchev–Trinajstić information content (AvgIpc) is 2.27. The molecule has 0 amide bonds. The molecule has 72 valence electrons. The molecule has 3 nitrogen and oxygen atoms in total. The van der Waals surface area contributed by atoms with Crippen LogP contribution in [0.2, 0.25) is 0 Å². The van der Waals surface area contributed by atoms with Gasteiger partial charge in [-0.15, -0.1) is 0 Å². The number of aryl methyl sites for hydroxylation is 1. The summed E-state index contributed by atoms with van der Waals surface area (Å²) in [5.74, 6) is -0.566. The highest BCUT2D eigenvalue weighted by Gasteiger charge is 2.25. The van der Waals surface area contributed by atoms with Crippen LogP contribution < -0.4 is 0 Å². The fraction of sp³-hybridized carbons (Fsp3) is 0.364. The molecule has 1 aromatic heterocycles. The van der Waals surface area contributed by atoms with Crippen LogP contribution in [0.15, 0.2) is 18.5 Å². The first-order chi connectivity index (χ1) is 6.83.